The van der Waals surface area contributed by atoms with Gasteiger partial charge in [-0.3, -0.25) is 19.8 Å². The second-order valence-corrected chi connectivity index (χ2v) is 8.29. The van der Waals surface area contributed by atoms with Crippen LogP contribution in [-0.4, -0.2) is 44.9 Å². The minimum atomic E-state index is -0.469. The lowest BCUT2D eigenvalue weighted by Gasteiger charge is -2.17. The SMILES string of the molecule is O=C1C(=Cc2ccc3c(c2)OCO3)N=C(c2cccc([N+](=O)[O-])c2)N1CCc1nc2ccccc2[nH]1. The highest BCUT2D eigenvalue weighted by Crippen LogP contribution is 2.34. The molecular weight excluding hydrogens is 462 g/mol. The number of para-hydroxylation sites is 2. The molecule has 10 nitrogen and oxygen atoms in total. The predicted octanol–water partition coefficient (Wildman–Crippen LogP) is 4.07. The van der Waals surface area contributed by atoms with Crippen LogP contribution in [0, 0.1) is 10.1 Å². The van der Waals surface area contributed by atoms with Gasteiger partial charge in [-0.2, -0.15) is 0 Å². The summed E-state index contributed by atoms with van der Waals surface area (Å²) in [6, 6.07) is 19.2. The van der Waals surface area contributed by atoms with E-state index in [9.17, 15) is 14.9 Å². The Balaban J connectivity index is 1.34. The molecule has 0 bridgehead atoms. The van der Waals surface area contributed by atoms with Crippen LogP contribution in [-0.2, 0) is 11.2 Å². The van der Waals surface area contributed by atoms with Gasteiger partial charge >= 0.3 is 0 Å². The molecule has 0 aliphatic carbocycles. The molecule has 0 radical (unpaired) electrons. The Morgan fingerprint density at radius 2 is 1.92 bits per heavy atom. The third-order valence-corrected chi connectivity index (χ3v) is 5.97. The van der Waals surface area contributed by atoms with Crippen molar-refractivity contribution in [3.63, 3.8) is 0 Å². The summed E-state index contributed by atoms with van der Waals surface area (Å²) < 4.78 is 10.8. The molecule has 36 heavy (non-hydrogen) atoms. The molecule has 1 aromatic heterocycles. The Morgan fingerprint density at radius 1 is 1.06 bits per heavy atom. The van der Waals surface area contributed by atoms with Crippen molar-refractivity contribution in [2.24, 2.45) is 4.99 Å². The van der Waals surface area contributed by atoms with E-state index in [4.69, 9.17) is 9.47 Å². The lowest BCUT2D eigenvalue weighted by atomic mass is 10.1. The molecule has 6 rings (SSSR count). The Bertz CT molecular complexity index is 1560. The topological polar surface area (TPSA) is 123 Å². The highest BCUT2D eigenvalue weighted by molar-refractivity contribution is 6.19. The molecule has 3 aromatic carbocycles. The van der Waals surface area contributed by atoms with Crippen LogP contribution >= 0.6 is 0 Å². The Morgan fingerprint density at radius 3 is 2.78 bits per heavy atom. The van der Waals surface area contributed by atoms with Crippen LogP contribution in [0.3, 0.4) is 0 Å². The minimum Gasteiger partial charge on any atom is -0.454 e. The number of nitrogens with zero attached hydrogens (tertiary/aromatic N) is 4. The molecule has 0 unspecified atom stereocenters. The van der Waals surface area contributed by atoms with E-state index in [-0.39, 0.29) is 24.1 Å². The monoisotopic (exact) mass is 481 g/mol. The van der Waals surface area contributed by atoms with E-state index in [1.165, 1.54) is 17.0 Å². The summed E-state index contributed by atoms with van der Waals surface area (Å²) in [6.07, 6.45) is 2.12. The normalized spacial score (nSPS) is 15.7. The van der Waals surface area contributed by atoms with Crippen LogP contribution in [0.15, 0.2) is 77.4 Å². The molecule has 178 valence electrons. The van der Waals surface area contributed by atoms with Crippen molar-refractivity contribution in [3.05, 3.63) is 99.5 Å². The van der Waals surface area contributed by atoms with Crippen LogP contribution in [0.1, 0.15) is 17.0 Å². The average molecular weight is 481 g/mol. The number of amides is 1. The van der Waals surface area contributed by atoms with Crippen LogP contribution in [0.5, 0.6) is 11.5 Å². The Kier molecular flexibility index (Phi) is 5.18. The number of aromatic amines is 1. The van der Waals surface area contributed by atoms with E-state index in [1.807, 2.05) is 30.3 Å². The van der Waals surface area contributed by atoms with Gasteiger partial charge in [-0.15, -0.1) is 0 Å². The van der Waals surface area contributed by atoms with Gasteiger partial charge < -0.3 is 14.5 Å². The maximum Gasteiger partial charge on any atom is 0.278 e. The van der Waals surface area contributed by atoms with Crippen LogP contribution < -0.4 is 9.47 Å². The number of H-pyrrole nitrogens is 1. The van der Waals surface area contributed by atoms with E-state index in [1.54, 1.807) is 30.3 Å². The van der Waals surface area contributed by atoms with Crippen molar-refractivity contribution in [2.75, 3.05) is 13.3 Å². The van der Waals surface area contributed by atoms with Crippen LogP contribution in [0.4, 0.5) is 5.69 Å². The largest absolute Gasteiger partial charge is 0.454 e. The number of ether oxygens (including phenoxy) is 2. The minimum absolute atomic E-state index is 0.0758. The number of nitro benzene ring substituents is 1. The first kappa shape index (κ1) is 21.5. The maximum atomic E-state index is 13.5. The van der Waals surface area contributed by atoms with Gasteiger partial charge in [0.15, 0.2) is 11.5 Å². The van der Waals surface area contributed by atoms with E-state index in [2.05, 4.69) is 15.0 Å². The number of amidine groups is 1. The van der Waals surface area contributed by atoms with Crippen molar-refractivity contribution in [1.29, 1.82) is 0 Å². The van der Waals surface area contributed by atoms with Crippen molar-refractivity contribution >= 4 is 34.5 Å². The van der Waals surface area contributed by atoms with Gasteiger partial charge in [-0.1, -0.05) is 30.3 Å². The lowest BCUT2D eigenvalue weighted by Crippen LogP contribution is -2.34. The van der Waals surface area contributed by atoms with E-state index in [0.717, 1.165) is 22.4 Å². The summed E-state index contributed by atoms with van der Waals surface area (Å²) in [4.78, 5) is 38.3. The summed E-state index contributed by atoms with van der Waals surface area (Å²) in [5.41, 5.74) is 3.11. The molecule has 2 aliphatic heterocycles. The summed E-state index contributed by atoms with van der Waals surface area (Å²) in [6.45, 7) is 0.442. The van der Waals surface area contributed by atoms with Gasteiger partial charge in [0.2, 0.25) is 6.79 Å². The summed E-state index contributed by atoms with van der Waals surface area (Å²) in [7, 11) is 0. The third kappa shape index (κ3) is 3.94. The van der Waals surface area contributed by atoms with Crippen molar-refractivity contribution in [2.45, 2.75) is 6.42 Å². The standard InChI is InChI=1S/C26H19N5O5/c32-26-21(12-16-8-9-22-23(13-16)36-15-35-22)29-25(17-4-3-5-18(14-17)31(33)34)30(26)11-10-24-27-19-6-1-2-7-20(19)28-24/h1-9,12-14H,10-11,15H2,(H,27,28). The van der Waals surface area contributed by atoms with E-state index < -0.39 is 4.92 Å². The molecule has 0 saturated heterocycles. The average Bonchev–Trinajstić information content (AvgIpc) is 3.60. The number of carbonyl (C=O) groups is 1. The first-order valence-electron chi connectivity index (χ1n) is 11.3. The predicted molar refractivity (Wildman–Crippen MR) is 132 cm³/mol. The number of non-ortho nitro benzene ring substituents is 1. The Labute approximate surface area is 204 Å². The number of hydrogen-bond acceptors (Lipinski definition) is 7. The molecule has 10 heteroatoms. The first-order chi connectivity index (χ1) is 17.5. The third-order valence-electron chi connectivity index (χ3n) is 5.97. The smallest absolute Gasteiger partial charge is 0.278 e. The molecule has 0 saturated carbocycles. The fraction of sp³-hybridized carbons (Fsp3) is 0.115. The number of nitro groups is 1. The molecule has 1 N–H and O–H groups in total. The molecule has 0 fully saturated rings. The van der Waals surface area contributed by atoms with Crippen LogP contribution in [0.2, 0.25) is 0 Å². The summed E-state index contributed by atoms with van der Waals surface area (Å²) >= 11 is 0. The van der Waals surface area contributed by atoms with Crippen molar-refractivity contribution in [3.8, 4) is 11.5 Å². The number of nitrogens with one attached hydrogen (secondary N) is 1. The number of hydrogen-bond donors (Lipinski definition) is 1. The summed E-state index contributed by atoms with van der Waals surface area (Å²) in [5.74, 6) is 2.02. The highest BCUT2D eigenvalue weighted by Gasteiger charge is 2.32. The maximum absolute atomic E-state index is 13.5. The van der Waals surface area contributed by atoms with E-state index in [0.29, 0.717) is 35.9 Å². The second kappa shape index (κ2) is 8.66. The van der Waals surface area contributed by atoms with Crippen molar-refractivity contribution in [1.82, 2.24) is 14.9 Å². The Hall–Kier alpha value is -4.99. The zero-order valence-electron chi connectivity index (χ0n) is 18.9. The second-order valence-electron chi connectivity index (χ2n) is 8.29. The quantitative estimate of drug-likeness (QED) is 0.252. The number of rotatable bonds is 6. The molecule has 3 heterocycles. The number of benzene rings is 3. The van der Waals surface area contributed by atoms with Gasteiger partial charge in [-0.05, 0) is 35.9 Å². The number of aromatic nitrogens is 2. The first-order valence-corrected chi connectivity index (χ1v) is 11.3. The van der Waals surface area contributed by atoms with Crippen LogP contribution in [0.25, 0.3) is 17.1 Å². The zero-order chi connectivity index (χ0) is 24.6. The molecule has 2 aliphatic rings. The molecule has 4 aromatic rings. The fourth-order valence-corrected chi connectivity index (χ4v) is 4.24. The zero-order valence-corrected chi connectivity index (χ0v) is 18.9. The van der Waals surface area contributed by atoms with Gasteiger partial charge in [0.1, 0.15) is 17.4 Å². The number of carbonyl (C=O) groups excluding carboxylic acids is 1. The van der Waals surface area contributed by atoms with Gasteiger partial charge in [0, 0.05) is 30.7 Å². The molecule has 0 spiro atoms. The van der Waals surface area contributed by atoms with Gasteiger partial charge in [0.05, 0.1) is 16.0 Å². The summed E-state index contributed by atoms with van der Waals surface area (Å²) in [5, 5.41) is 11.3. The number of fused-ring (bicyclic) bond motifs is 2. The highest BCUT2D eigenvalue weighted by atomic mass is 16.7. The van der Waals surface area contributed by atoms with Crippen molar-refractivity contribution < 1.29 is 19.2 Å². The fourth-order valence-electron chi connectivity index (χ4n) is 4.24. The lowest BCUT2D eigenvalue weighted by molar-refractivity contribution is -0.384. The molecule has 0 atom stereocenters. The molecule has 1 amide bonds. The van der Waals surface area contributed by atoms with E-state index >= 15 is 0 Å². The van der Waals surface area contributed by atoms with Gasteiger partial charge in [0.25, 0.3) is 11.6 Å². The number of aliphatic imine (C=N–C) groups is 1. The van der Waals surface area contributed by atoms with Gasteiger partial charge in [-0.25, -0.2) is 9.98 Å². The molecular formula is C26H19N5O5. The number of imidazole rings is 1.